The molecule has 0 radical (unpaired) electrons. The topological polar surface area (TPSA) is 62.1 Å². The van der Waals surface area contributed by atoms with Crippen LogP contribution in [0.2, 0.25) is 0 Å². The molecule has 1 saturated heterocycles. The molecule has 1 aliphatic heterocycles. The number of aliphatic hydroxyl groups is 1. The Morgan fingerprint density at radius 2 is 1.95 bits per heavy atom. The summed E-state index contributed by atoms with van der Waals surface area (Å²) in [6.07, 6.45) is 6.68. The van der Waals surface area contributed by atoms with Gasteiger partial charge in [0.2, 0.25) is 5.95 Å². The highest BCUT2D eigenvalue weighted by Gasteiger charge is 2.34. The molecule has 0 aromatic carbocycles. The van der Waals surface area contributed by atoms with Crippen molar-refractivity contribution in [3.8, 4) is 0 Å². The van der Waals surface area contributed by atoms with Gasteiger partial charge >= 0.3 is 0 Å². The highest BCUT2D eigenvalue weighted by Crippen LogP contribution is 2.25. The van der Waals surface area contributed by atoms with Crippen LogP contribution in [0.4, 0.5) is 10.3 Å². The van der Waals surface area contributed by atoms with Gasteiger partial charge in [-0.25, -0.2) is 14.4 Å². The maximum atomic E-state index is 12.9. The Morgan fingerprint density at radius 3 is 2.65 bits per heavy atom. The highest BCUT2D eigenvalue weighted by atomic mass is 19.1. The fourth-order valence-corrected chi connectivity index (χ4v) is 2.55. The molecule has 5 nitrogen and oxygen atoms in total. The third-order valence-electron chi connectivity index (χ3n) is 3.57. The molecule has 0 spiro atoms. The molecule has 1 fully saturated rings. The number of anilines is 1. The predicted octanol–water partition coefficient (Wildman–Crippen LogP) is 1.19. The Bertz CT molecular complexity index is 563. The van der Waals surface area contributed by atoms with Gasteiger partial charge in [0.1, 0.15) is 0 Å². The minimum absolute atomic E-state index is 0.0946. The number of nitrogens with zero attached hydrogens (tertiary/aromatic N) is 4. The maximum Gasteiger partial charge on any atom is 0.225 e. The summed E-state index contributed by atoms with van der Waals surface area (Å²) >= 11 is 0. The van der Waals surface area contributed by atoms with E-state index in [0.29, 0.717) is 25.3 Å². The van der Waals surface area contributed by atoms with Crippen molar-refractivity contribution >= 4 is 5.95 Å². The molecule has 104 valence electrons. The zero-order valence-corrected chi connectivity index (χ0v) is 10.9. The van der Waals surface area contributed by atoms with Gasteiger partial charge in [0.15, 0.2) is 5.82 Å². The second-order valence-electron chi connectivity index (χ2n) is 4.88. The molecular weight excluding hydrogens is 259 g/mol. The maximum absolute atomic E-state index is 12.9. The first-order chi connectivity index (χ1) is 9.74. The lowest BCUT2D eigenvalue weighted by Crippen LogP contribution is -2.38. The number of rotatable bonds is 3. The molecule has 0 unspecified atom stereocenters. The molecule has 0 amide bonds. The van der Waals surface area contributed by atoms with Gasteiger partial charge in [0, 0.05) is 18.9 Å². The fourth-order valence-electron chi connectivity index (χ4n) is 2.55. The Labute approximate surface area is 116 Å². The van der Waals surface area contributed by atoms with E-state index >= 15 is 0 Å². The van der Waals surface area contributed by atoms with Crippen LogP contribution >= 0.6 is 0 Å². The van der Waals surface area contributed by atoms with Crippen LogP contribution in [0.15, 0.2) is 36.9 Å². The summed E-state index contributed by atoms with van der Waals surface area (Å²) in [5.74, 6) is 0.00110. The first-order valence-electron chi connectivity index (χ1n) is 6.55. The largest absolute Gasteiger partial charge is 0.391 e. The fraction of sp³-hybridized carbons (Fsp3) is 0.357. The van der Waals surface area contributed by atoms with Crippen LogP contribution < -0.4 is 4.90 Å². The van der Waals surface area contributed by atoms with Gasteiger partial charge in [0.05, 0.1) is 24.5 Å². The summed E-state index contributed by atoms with van der Waals surface area (Å²) < 4.78 is 12.9. The van der Waals surface area contributed by atoms with Crippen molar-refractivity contribution < 1.29 is 9.50 Å². The van der Waals surface area contributed by atoms with Crippen LogP contribution in [0.5, 0.6) is 0 Å². The van der Waals surface area contributed by atoms with Crippen molar-refractivity contribution in [2.75, 3.05) is 11.4 Å². The molecular formula is C14H15FN4O. The van der Waals surface area contributed by atoms with Crippen LogP contribution in [0, 0.1) is 5.82 Å². The van der Waals surface area contributed by atoms with E-state index < -0.39 is 11.9 Å². The van der Waals surface area contributed by atoms with Crippen molar-refractivity contribution in [3.63, 3.8) is 0 Å². The third-order valence-corrected chi connectivity index (χ3v) is 3.57. The molecule has 1 N–H and O–H groups in total. The number of aliphatic hydroxyl groups excluding tert-OH is 1. The monoisotopic (exact) mass is 274 g/mol. The third kappa shape index (κ3) is 2.60. The van der Waals surface area contributed by atoms with Gasteiger partial charge in [-0.3, -0.25) is 4.98 Å². The minimum atomic E-state index is -0.459. The molecule has 2 atom stereocenters. The van der Waals surface area contributed by atoms with E-state index in [1.807, 2.05) is 17.0 Å². The van der Waals surface area contributed by atoms with Gasteiger partial charge in [-0.05, 0) is 30.5 Å². The standard InChI is InChI=1S/C14H15FN4O/c15-11-8-17-14(18-9-11)19-6-3-13(20)12(19)7-10-1-4-16-5-2-10/h1-2,4-5,8-9,12-13,20H,3,6-7H2/t12-,13+/m0/s1. The van der Waals surface area contributed by atoms with Crippen LogP contribution in [0.25, 0.3) is 0 Å². The average molecular weight is 274 g/mol. The lowest BCUT2D eigenvalue weighted by Gasteiger charge is -2.26. The van der Waals surface area contributed by atoms with Gasteiger partial charge < -0.3 is 10.0 Å². The SMILES string of the molecule is O[C@@H]1CCN(c2ncc(F)cn2)[C@H]1Cc1ccncc1. The summed E-state index contributed by atoms with van der Waals surface area (Å²) in [7, 11) is 0. The van der Waals surface area contributed by atoms with E-state index in [2.05, 4.69) is 15.0 Å². The summed E-state index contributed by atoms with van der Waals surface area (Å²) in [5.41, 5.74) is 1.10. The highest BCUT2D eigenvalue weighted by molar-refractivity contribution is 5.35. The summed E-state index contributed by atoms with van der Waals surface area (Å²) in [4.78, 5) is 13.9. The van der Waals surface area contributed by atoms with Gasteiger partial charge in [0.25, 0.3) is 0 Å². The van der Waals surface area contributed by atoms with Crippen LogP contribution in [0.3, 0.4) is 0 Å². The van der Waals surface area contributed by atoms with E-state index in [-0.39, 0.29) is 6.04 Å². The summed E-state index contributed by atoms with van der Waals surface area (Å²) in [6, 6.07) is 3.76. The summed E-state index contributed by atoms with van der Waals surface area (Å²) in [6.45, 7) is 0.669. The molecule has 1 aliphatic rings. The van der Waals surface area contributed by atoms with Gasteiger partial charge in [-0.15, -0.1) is 0 Å². The van der Waals surface area contributed by atoms with Crippen molar-refractivity contribution in [2.24, 2.45) is 0 Å². The lowest BCUT2D eigenvalue weighted by molar-refractivity contribution is 0.163. The number of hydrogen-bond acceptors (Lipinski definition) is 5. The second kappa shape index (κ2) is 5.50. The van der Waals surface area contributed by atoms with Crippen molar-refractivity contribution in [3.05, 3.63) is 48.3 Å². The predicted molar refractivity (Wildman–Crippen MR) is 71.7 cm³/mol. The zero-order valence-electron chi connectivity index (χ0n) is 10.9. The molecule has 0 bridgehead atoms. The van der Waals surface area contributed by atoms with Crippen LogP contribution in [-0.2, 0) is 6.42 Å². The van der Waals surface area contributed by atoms with Gasteiger partial charge in [-0.1, -0.05) is 0 Å². The number of aromatic nitrogens is 3. The van der Waals surface area contributed by atoms with E-state index in [1.54, 1.807) is 12.4 Å². The zero-order chi connectivity index (χ0) is 13.9. The Hall–Kier alpha value is -2.08. The molecule has 2 aromatic rings. The van der Waals surface area contributed by atoms with E-state index in [1.165, 1.54) is 0 Å². The van der Waals surface area contributed by atoms with E-state index in [9.17, 15) is 9.50 Å². The summed E-state index contributed by atoms with van der Waals surface area (Å²) in [5, 5.41) is 10.1. The number of pyridine rings is 1. The first-order valence-corrected chi connectivity index (χ1v) is 6.55. The molecule has 3 heterocycles. The Morgan fingerprint density at radius 1 is 1.25 bits per heavy atom. The Kier molecular flexibility index (Phi) is 3.56. The van der Waals surface area contributed by atoms with Crippen LogP contribution in [-0.4, -0.2) is 38.7 Å². The molecule has 20 heavy (non-hydrogen) atoms. The van der Waals surface area contributed by atoms with E-state index in [0.717, 1.165) is 18.0 Å². The van der Waals surface area contributed by atoms with E-state index in [4.69, 9.17) is 0 Å². The van der Waals surface area contributed by atoms with Crippen molar-refractivity contribution in [1.29, 1.82) is 0 Å². The molecule has 0 aliphatic carbocycles. The molecule has 2 aromatic heterocycles. The molecule has 0 saturated carbocycles. The minimum Gasteiger partial charge on any atom is -0.391 e. The number of halogens is 1. The normalized spacial score (nSPS) is 22.2. The average Bonchev–Trinajstić information content (AvgIpc) is 2.83. The molecule has 3 rings (SSSR count). The lowest BCUT2D eigenvalue weighted by atomic mass is 10.0. The molecule has 6 heteroatoms. The Balaban J connectivity index is 1.81. The van der Waals surface area contributed by atoms with Crippen LogP contribution in [0.1, 0.15) is 12.0 Å². The quantitative estimate of drug-likeness (QED) is 0.911. The first kappa shape index (κ1) is 12.9. The smallest absolute Gasteiger partial charge is 0.225 e. The second-order valence-corrected chi connectivity index (χ2v) is 4.88. The number of hydrogen-bond donors (Lipinski definition) is 1. The van der Waals surface area contributed by atoms with Gasteiger partial charge in [-0.2, -0.15) is 0 Å². The van der Waals surface area contributed by atoms with Crippen molar-refractivity contribution in [2.45, 2.75) is 25.0 Å². The van der Waals surface area contributed by atoms with Crippen molar-refractivity contribution in [1.82, 2.24) is 15.0 Å².